The summed E-state index contributed by atoms with van der Waals surface area (Å²) in [5.41, 5.74) is 2.65. The number of carboxylic acid groups (broad SMARTS) is 1. The molecule has 0 saturated heterocycles. The van der Waals surface area contributed by atoms with E-state index in [0.29, 0.717) is 5.56 Å². The molecule has 0 aliphatic carbocycles. The Hall–Kier alpha value is -1.65. The molecule has 2 aromatic rings. The van der Waals surface area contributed by atoms with Crippen molar-refractivity contribution >= 4 is 17.3 Å². The molecule has 0 aliphatic rings. The predicted molar refractivity (Wildman–Crippen MR) is 72.9 cm³/mol. The number of hydrogen-bond acceptors (Lipinski definition) is 3. The molecule has 0 bridgehead atoms. The van der Waals surface area contributed by atoms with Crippen LogP contribution < -0.4 is 0 Å². The zero-order valence-electron chi connectivity index (χ0n) is 10.2. The van der Waals surface area contributed by atoms with Crippen LogP contribution in [0.25, 0.3) is 0 Å². The zero-order valence-corrected chi connectivity index (χ0v) is 11.0. The molecular formula is C14H15NO2S. The highest BCUT2D eigenvalue weighted by Gasteiger charge is 2.06. The molecule has 4 heteroatoms. The fourth-order valence-electron chi connectivity index (χ4n) is 1.86. The Morgan fingerprint density at radius 3 is 2.72 bits per heavy atom. The van der Waals surface area contributed by atoms with Gasteiger partial charge in [-0.1, -0.05) is 12.1 Å². The first-order valence-electron chi connectivity index (χ1n) is 5.67. The third-order valence-corrected chi connectivity index (χ3v) is 3.39. The summed E-state index contributed by atoms with van der Waals surface area (Å²) in [5, 5.41) is 13.1. The SMILES string of the molecule is CN(Cc1ccsc1)Cc1cccc(C(=O)O)c1. The smallest absolute Gasteiger partial charge is 0.335 e. The van der Waals surface area contributed by atoms with Crippen molar-refractivity contribution in [2.75, 3.05) is 7.05 Å². The minimum absolute atomic E-state index is 0.344. The Morgan fingerprint density at radius 2 is 2.06 bits per heavy atom. The summed E-state index contributed by atoms with van der Waals surface area (Å²) in [7, 11) is 2.03. The first-order valence-corrected chi connectivity index (χ1v) is 6.61. The molecule has 0 radical (unpaired) electrons. The minimum atomic E-state index is -0.877. The van der Waals surface area contributed by atoms with Gasteiger partial charge in [-0.25, -0.2) is 4.79 Å². The van der Waals surface area contributed by atoms with E-state index in [0.717, 1.165) is 18.7 Å². The number of thiophene rings is 1. The Kier molecular flexibility index (Phi) is 4.12. The van der Waals surface area contributed by atoms with Gasteiger partial charge in [0.15, 0.2) is 0 Å². The third-order valence-electron chi connectivity index (χ3n) is 2.66. The fourth-order valence-corrected chi connectivity index (χ4v) is 2.52. The summed E-state index contributed by atoms with van der Waals surface area (Å²) in [6.45, 7) is 1.62. The molecule has 18 heavy (non-hydrogen) atoms. The van der Waals surface area contributed by atoms with Crippen LogP contribution in [0.5, 0.6) is 0 Å². The maximum absolute atomic E-state index is 10.9. The number of aromatic carboxylic acids is 1. The van der Waals surface area contributed by atoms with Gasteiger partial charge >= 0.3 is 5.97 Å². The van der Waals surface area contributed by atoms with Crippen LogP contribution >= 0.6 is 11.3 Å². The molecule has 0 unspecified atom stereocenters. The molecule has 94 valence electrons. The summed E-state index contributed by atoms with van der Waals surface area (Å²) in [4.78, 5) is 13.1. The lowest BCUT2D eigenvalue weighted by Crippen LogP contribution is -2.17. The number of benzene rings is 1. The van der Waals surface area contributed by atoms with Crippen molar-refractivity contribution in [2.24, 2.45) is 0 Å². The van der Waals surface area contributed by atoms with E-state index in [1.165, 1.54) is 5.56 Å². The van der Waals surface area contributed by atoms with Crippen molar-refractivity contribution in [3.8, 4) is 0 Å². The van der Waals surface area contributed by atoms with Crippen LogP contribution in [0.1, 0.15) is 21.5 Å². The van der Waals surface area contributed by atoms with Crippen molar-refractivity contribution in [1.82, 2.24) is 4.90 Å². The Bertz CT molecular complexity index is 522. The van der Waals surface area contributed by atoms with Gasteiger partial charge in [0.2, 0.25) is 0 Å². The second kappa shape index (κ2) is 5.80. The number of carbonyl (C=O) groups is 1. The van der Waals surface area contributed by atoms with E-state index in [1.54, 1.807) is 29.5 Å². The quantitative estimate of drug-likeness (QED) is 0.899. The first-order chi connectivity index (χ1) is 8.65. The molecule has 0 spiro atoms. The summed E-state index contributed by atoms with van der Waals surface area (Å²) >= 11 is 1.69. The lowest BCUT2D eigenvalue weighted by Gasteiger charge is -2.16. The molecule has 3 nitrogen and oxygen atoms in total. The molecule has 0 atom stereocenters. The standard InChI is InChI=1S/C14H15NO2S/c1-15(9-12-5-6-18-10-12)8-11-3-2-4-13(7-11)14(16)17/h2-7,10H,8-9H2,1H3,(H,16,17). The van der Waals surface area contributed by atoms with Gasteiger partial charge in [0.05, 0.1) is 5.56 Å². The molecule has 1 aromatic carbocycles. The van der Waals surface area contributed by atoms with Crippen molar-refractivity contribution in [2.45, 2.75) is 13.1 Å². The summed E-state index contributed by atoms with van der Waals surface area (Å²) in [6, 6.07) is 9.19. The van der Waals surface area contributed by atoms with Gasteiger partial charge in [0.25, 0.3) is 0 Å². The van der Waals surface area contributed by atoms with Crippen LogP contribution in [0.2, 0.25) is 0 Å². The molecule has 0 fully saturated rings. The fraction of sp³-hybridized carbons (Fsp3) is 0.214. The lowest BCUT2D eigenvalue weighted by molar-refractivity contribution is 0.0696. The van der Waals surface area contributed by atoms with Gasteiger partial charge in [-0.2, -0.15) is 11.3 Å². The highest BCUT2D eigenvalue weighted by Crippen LogP contribution is 2.12. The highest BCUT2D eigenvalue weighted by molar-refractivity contribution is 7.07. The predicted octanol–water partition coefficient (Wildman–Crippen LogP) is 3.08. The lowest BCUT2D eigenvalue weighted by atomic mass is 10.1. The molecule has 1 aromatic heterocycles. The van der Waals surface area contributed by atoms with E-state index in [4.69, 9.17) is 5.11 Å². The van der Waals surface area contributed by atoms with Gasteiger partial charge in [-0.15, -0.1) is 0 Å². The van der Waals surface area contributed by atoms with Crippen molar-refractivity contribution in [3.05, 3.63) is 57.8 Å². The van der Waals surface area contributed by atoms with Crippen LogP contribution in [-0.2, 0) is 13.1 Å². The monoisotopic (exact) mass is 261 g/mol. The number of nitrogens with zero attached hydrogens (tertiary/aromatic N) is 1. The topological polar surface area (TPSA) is 40.5 Å². The number of rotatable bonds is 5. The maximum Gasteiger partial charge on any atom is 0.335 e. The van der Waals surface area contributed by atoms with Crippen molar-refractivity contribution in [1.29, 1.82) is 0 Å². The summed E-state index contributed by atoms with van der Waals surface area (Å²) in [6.07, 6.45) is 0. The average Bonchev–Trinajstić information content (AvgIpc) is 2.82. The average molecular weight is 261 g/mol. The summed E-state index contributed by atoms with van der Waals surface area (Å²) in [5.74, 6) is -0.877. The van der Waals surface area contributed by atoms with Gasteiger partial charge in [-0.05, 0) is 47.1 Å². The second-order valence-corrected chi connectivity index (χ2v) is 5.09. The van der Waals surface area contributed by atoms with Crippen LogP contribution in [0, 0.1) is 0 Å². The summed E-state index contributed by atoms with van der Waals surface area (Å²) < 4.78 is 0. The highest BCUT2D eigenvalue weighted by atomic mass is 32.1. The molecular weight excluding hydrogens is 246 g/mol. The first kappa shape index (κ1) is 12.8. The van der Waals surface area contributed by atoms with Crippen molar-refractivity contribution in [3.63, 3.8) is 0 Å². The molecule has 1 heterocycles. The molecule has 1 N–H and O–H groups in total. The van der Waals surface area contributed by atoms with E-state index >= 15 is 0 Å². The van der Waals surface area contributed by atoms with Gasteiger partial charge in [0, 0.05) is 13.1 Å². The van der Waals surface area contributed by atoms with E-state index in [2.05, 4.69) is 21.7 Å². The Morgan fingerprint density at radius 1 is 1.28 bits per heavy atom. The molecule has 0 aliphatic heterocycles. The van der Waals surface area contributed by atoms with E-state index < -0.39 is 5.97 Å². The van der Waals surface area contributed by atoms with Gasteiger partial charge in [0.1, 0.15) is 0 Å². The van der Waals surface area contributed by atoms with Crippen LogP contribution in [0.4, 0.5) is 0 Å². The van der Waals surface area contributed by atoms with E-state index in [1.807, 2.05) is 13.1 Å². The van der Waals surface area contributed by atoms with Gasteiger partial charge in [-0.3, -0.25) is 4.90 Å². The zero-order chi connectivity index (χ0) is 13.0. The normalized spacial score (nSPS) is 10.8. The number of carboxylic acids is 1. The van der Waals surface area contributed by atoms with Crippen LogP contribution in [0.15, 0.2) is 41.1 Å². The van der Waals surface area contributed by atoms with Crippen LogP contribution in [0.3, 0.4) is 0 Å². The van der Waals surface area contributed by atoms with E-state index in [-0.39, 0.29) is 0 Å². The molecule has 2 rings (SSSR count). The maximum atomic E-state index is 10.9. The second-order valence-electron chi connectivity index (χ2n) is 4.31. The minimum Gasteiger partial charge on any atom is -0.478 e. The molecule has 0 saturated carbocycles. The Labute approximate surface area is 110 Å². The molecule has 0 amide bonds. The largest absolute Gasteiger partial charge is 0.478 e. The number of hydrogen-bond donors (Lipinski definition) is 1. The van der Waals surface area contributed by atoms with Gasteiger partial charge < -0.3 is 5.11 Å². The Balaban J connectivity index is 2.00. The van der Waals surface area contributed by atoms with E-state index in [9.17, 15) is 4.79 Å². The van der Waals surface area contributed by atoms with Crippen LogP contribution in [-0.4, -0.2) is 23.0 Å². The third kappa shape index (κ3) is 3.42. The van der Waals surface area contributed by atoms with Crippen molar-refractivity contribution < 1.29 is 9.90 Å².